The Morgan fingerprint density at radius 2 is 2.13 bits per heavy atom. The third kappa shape index (κ3) is 1.49. The van der Waals surface area contributed by atoms with Crippen LogP contribution in [-0.4, -0.2) is 51.0 Å². The fraction of sp³-hybridized carbons (Fsp3) is 0.579. The summed E-state index contributed by atoms with van der Waals surface area (Å²) < 4.78 is 17.9. The summed E-state index contributed by atoms with van der Waals surface area (Å²) in [6.45, 7) is 1.11. The highest BCUT2D eigenvalue weighted by Gasteiger charge is 2.64. The topological polar surface area (TPSA) is 30.9 Å². The summed E-state index contributed by atoms with van der Waals surface area (Å²) in [7, 11) is 5.77. The van der Waals surface area contributed by atoms with Gasteiger partial charge in [0.2, 0.25) is 0 Å². The van der Waals surface area contributed by atoms with Crippen molar-refractivity contribution >= 4 is 0 Å². The minimum absolute atomic E-state index is 0.0124. The van der Waals surface area contributed by atoms with Gasteiger partial charge < -0.3 is 19.1 Å². The third-order valence-corrected chi connectivity index (χ3v) is 6.61. The van der Waals surface area contributed by atoms with Gasteiger partial charge >= 0.3 is 0 Å². The molecule has 2 bridgehead atoms. The van der Waals surface area contributed by atoms with Gasteiger partial charge in [-0.3, -0.25) is 0 Å². The van der Waals surface area contributed by atoms with E-state index in [0.29, 0.717) is 12.0 Å². The van der Waals surface area contributed by atoms with Crippen molar-refractivity contribution in [3.63, 3.8) is 0 Å². The largest absolute Gasteiger partial charge is 0.493 e. The molecule has 2 heterocycles. The first-order chi connectivity index (χ1) is 11.2. The lowest BCUT2D eigenvalue weighted by Crippen LogP contribution is -2.65. The monoisotopic (exact) mass is 313 g/mol. The number of hydrogen-bond acceptors (Lipinski definition) is 4. The Labute approximate surface area is 137 Å². The average molecular weight is 313 g/mol. The van der Waals surface area contributed by atoms with Crippen LogP contribution in [0, 0.1) is 5.92 Å². The van der Waals surface area contributed by atoms with E-state index in [9.17, 15) is 0 Å². The van der Waals surface area contributed by atoms with Crippen molar-refractivity contribution in [2.45, 2.75) is 36.5 Å². The average Bonchev–Trinajstić information content (AvgIpc) is 2.92. The van der Waals surface area contributed by atoms with Crippen molar-refractivity contribution in [2.24, 2.45) is 5.92 Å². The van der Waals surface area contributed by atoms with Crippen LogP contribution in [-0.2, 0) is 16.6 Å². The normalized spacial score (nSPS) is 39.8. The zero-order valence-corrected chi connectivity index (χ0v) is 13.9. The van der Waals surface area contributed by atoms with Gasteiger partial charge in [0.25, 0.3) is 0 Å². The minimum Gasteiger partial charge on any atom is -0.493 e. The van der Waals surface area contributed by atoms with Gasteiger partial charge in [-0.05, 0) is 38.1 Å². The van der Waals surface area contributed by atoms with E-state index in [-0.39, 0.29) is 17.6 Å². The molecule has 1 aromatic carbocycles. The van der Waals surface area contributed by atoms with Crippen LogP contribution in [0.2, 0.25) is 0 Å². The van der Waals surface area contributed by atoms with Crippen LogP contribution in [0.1, 0.15) is 17.5 Å². The first-order valence-corrected chi connectivity index (χ1v) is 8.49. The molecule has 1 aromatic rings. The highest BCUT2D eigenvalue weighted by atomic mass is 16.6. The van der Waals surface area contributed by atoms with Gasteiger partial charge in [0, 0.05) is 30.0 Å². The molecule has 1 saturated heterocycles. The van der Waals surface area contributed by atoms with Crippen LogP contribution in [0.5, 0.6) is 11.5 Å². The predicted molar refractivity (Wildman–Crippen MR) is 87.3 cm³/mol. The lowest BCUT2D eigenvalue weighted by molar-refractivity contribution is -0.0581. The van der Waals surface area contributed by atoms with Crippen molar-refractivity contribution in [1.29, 1.82) is 0 Å². The SMILES string of the molecule is COc1ccc2c3c1OC1C(OC)C=CC4C(C2)N(C)CC[C@@]341. The first kappa shape index (κ1) is 13.9. The van der Waals surface area contributed by atoms with Crippen molar-refractivity contribution in [2.75, 3.05) is 27.8 Å². The molecule has 4 nitrogen and oxygen atoms in total. The summed E-state index contributed by atoms with van der Waals surface area (Å²) >= 11 is 0. The van der Waals surface area contributed by atoms with E-state index in [1.54, 1.807) is 14.2 Å². The molecule has 0 amide bonds. The van der Waals surface area contributed by atoms with Gasteiger partial charge in [-0.2, -0.15) is 0 Å². The molecule has 2 aliphatic heterocycles. The fourth-order valence-electron chi connectivity index (χ4n) is 5.57. The Morgan fingerprint density at radius 3 is 2.91 bits per heavy atom. The molecule has 122 valence electrons. The Hall–Kier alpha value is -1.52. The van der Waals surface area contributed by atoms with Crippen LogP contribution < -0.4 is 9.47 Å². The summed E-state index contributed by atoms with van der Waals surface area (Å²) in [6, 6.07) is 4.86. The van der Waals surface area contributed by atoms with E-state index in [2.05, 4.69) is 36.2 Å². The predicted octanol–water partition coefficient (Wildman–Crippen LogP) is 2.16. The van der Waals surface area contributed by atoms with E-state index in [1.807, 2.05) is 0 Å². The van der Waals surface area contributed by atoms with E-state index in [4.69, 9.17) is 14.2 Å². The molecule has 5 rings (SSSR count). The third-order valence-electron chi connectivity index (χ3n) is 6.61. The molecule has 4 unspecified atom stereocenters. The zero-order chi connectivity index (χ0) is 15.8. The number of likely N-dealkylation sites (tertiary alicyclic amines) is 1. The van der Waals surface area contributed by atoms with Gasteiger partial charge in [-0.15, -0.1) is 0 Å². The Bertz CT molecular complexity index is 700. The highest BCUT2D eigenvalue weighted by Crippen LogP contribution is 2.62. The standard InChI is InChI=1S/C19H23NO3/c1-20-9-8-19-12-5-7-15(22-3)18(19)23-17-14(21-2)6-4-11(16(17)19)10-13(12)20/h4-7,12-13,15,18H,8-10H2,1-3H3/t12?,13?,15?,18?,19-/m0/s1. The first-order valence-electron chi connectivity index (χ1n) is 8.49. The Morgan fingerprint density at radius 1 is 1.26 bits per heavy atom. The number of benzene rings is 1. The summed E-state index contributed by atoms with van der Waals surface area (Å²) in [5.41, 5.74) is 2.88. The zero-order valence-electron chi connectivity index (χ0n) is 13.9. The van der Waals surface area contributed by atoms with E-state index >= 15 is 0 Å². The van der Waals surface area contributed by atoms with Crippen molar-refractivity contribution < 1.29 is 14.2 Å². The number of nitrogens with zero attached hydrogens (tertiary/aromatic N) is 1. The number of hydrogen-bond donors (Lipinski definition) is 0. The second-order valence-electron chi connectivity index (χ2n) is 7.32. The Kier molecular flexibility index (Phi) is 2.73. The summed E-state index contributed by atoms with van der Waals surface area (Å²) in [5.74, 6) is 2.32. The molecular formula is C19H23NO3. The van der Waals surface area contributed by atoms with Gasteiger partial charge in [0.1, 0.15) is 12.2 Å². The second-order valence-corrected chi connectivity index (χ2v) is 7.32. The number of ether oxygens (including phenoxy) is 3. The molecule has 0 N–H and O–H groups in total. The molecule has 4 aliphatic rings. The quantitative estimate of drug-likeness (QED) is 0.783. The second kappa shape index (κ2) is 4.52. The van der Waals surface area contributed by atoms with Gasteiger partial charge in [0.15, 0.2) is 11.5 Å². The summed E-state index contributed by atoms with van der Waals surface area (Å²) in [5, 5.41) is 0. The van der Waals surface area contributed by atoms with Gasteiger partial charge in [-0.1, -0.05) is 18.2 Å². The molecule has 1 fully saturated rings. The maximum absolute atomic E-state index is 6.52. The van der Waals surface area contributed by atoms with Crippen LogP contribution in [0.25, 0.3) is 0 Å². The minimum atomic E-state index is 0.0124. The summed E-state index contributed by atoms with van der Waals surface area (Å²) in [6.07, 6.45) is 6.89. The van der Waals surface area contributed by atoms with Crippen molar-refractivity contribution in [3.05, 3.63) is 35.4 Å². The number of methoxy groups -OCH3 is 2. The van der Waals surface area contributed by atoms with Gasteiger partial charge in [-0.25, -0.2) is 0 Å². The van der Waals surface area contributed by atoms with Crippen LogP contribution in [0.15, 0.2) is 24.3 Å². The molecule has 4 heteroatoms. The van der Waals surface area contributed by atoms with Crippen LogP contribution in [0.4, 0.5) is 0 Å². The number of piperidine rings is 1. The molecule has 0 radical (unpaired) electrons. The number of rotatable bonds is 2. The van der Waals surface area contributed by atoms with Crippen LogP contribution in [0.3, 0.4) is 0 Å². The molecular weight excluding hydrogens is 290 g/mol. The number of likely N-dealkylation sites (N-methyl/N-ethyl adjacent to an activating group) is 1. The van der Waals surface area contributed by atoms with Crippen LogP contribution >= 0.6 is 0 Å². The molecule has 0 aromatic heterocycles. The lowest BCUT2D eigenvalue weighted by Gasteiger charge is -2.56. The van der Waals surface area contributed by atoms with Gasteiger partial charge in [0.05, 0.1) is 7.11 Å². The van der Waals surface area contributed by atoms with E-state index in [0.717, 1.165) is 30.9 Å². The van der Waals surface area contributed by atoms with E-state index in [1.165, 1.54) is 11.1 Å². The summed E-state index contributed by atoms with van der Waals surface area (Å²) in [4.78, 5) is 2.52. The molecule has 1 spiro atoms. The lowest BCUT2D eigenvalue weighted by atomic mass is 9.53. The Balaban J connectivity index is 1.80. The maximum atomic E-state index is 6.52. The van der Waals surface area contributed by atoms with Crippen molar-refractivity contribution in [3.8, 4) is 11.5 Å². The molecule has 23 heavy (non-hydrogen) atoms. The smallest absolute Gasteiger partial charge is 0.165 e. The maximum Gasteiger partial charge on any atom is 0.165 e. The van der Waals surface area contributed by atoms with Crippen molar-refractivity contribution in [1.82, 2.24) is 4.90 Å². The van der Waals surface area contributed by atoms with E-state index < -0.39 is 0 Å². The molecule has 5 atom stereocenters. The fourth-order valence-corrected chi connectivity index (χ4v) is 5.57. The molecule has 0 saturated carbocycles. The highest BCUT2D eigenvalue weighted by molar-refractivity contribution is 5.62. The molecule has 2 aliphatic carbocycles.